The molecule has 1 aliphatic heterocycles. The number of anilines is 2. The molecular formula is C8H6BN4O2. The number of aromatic nitrogens is 2. The Labute approximate surface area is 86.0 Å². The zero-order chi connectivity index (χ0) is 10.1. The van der Waals surface area contributed by atoms with Gasteiger partial charge in [-0.2, -0.15) is 0 Å². The molecule has 0 aromatic carbocycles. The summed E-state index contributed by atoms with van der Waals surface area (Å²) in [5.41, 5.74) is 0. The van der Waals surface area contributed by atoms with E-state index in [1.165, 1.54) is 12.5 Å². The number of nitrogens with zero attached hydrogens (tertiary/aromatic N) is 4. The van der Waals surface area contributed by atoms with Gasteiger partial charge in [0.1, 0.15) is 12.5 Å². The quantitative estimate of drug-likeness (QED) is 0.675. The van der Waals surface area contributed by atoms with E-state index in [9.17, 15) is 0 Å². The van der Waals surface area contributed by atoms with Gasteiger partial charge < -0.3 is 18.7 Å². The summed E-state index contributed by atoms with van der Waals surface area (Å²) in [4.78, 5) is 3.64. The maximum atomic E-state index is 4.75. The van der Waals surface area contributed by atoms with Gasteiger partial charge in [0.25, 0.3) is 0 Å². The first-order valence-corrected chi connectivity index (χ1v) is 4.34. The molecule has 3 heterocycles. The van der Waals surface area contributed by atoms with Gasteiger partial charge in [-0.25, -0.2) is 0 Å². The van der Waals surface area contributed by atoms with Gasteiger partial charge in [0.05, 0.1) is 0 Å². The van der Waals surface area contributed by atoms with E-state index in [0.717, 1.165) is 11.6 Å². The molecule has 2 aromatic rings. The summed E-state index contributed by atoms with van der Waals surface area (Å²) >= 11 is 0. The van der Waals surface area contributed by atoms with Crippen molar-refractivity contribution in [3.05, 3.63) is 37.1 Å². The fourth-order valence-electron chi connectivity index (χ4n) is 1.30. The van der Waals surface area contributed by atoms with Crippen LogP contribution in [0.4, 0.5) is 11.6 Å². The SMILES string of the molecule is [B]1N(c2ccon2)C=CN1c1ccon1. The standard InChI is InChI=1S/C8H6BN4O2/c1-5-14-10-7(1)12-3-4-13(9-12)8-2-6-15-11-8/h1-6H. The first-order chi connectivity index (χ1) is 7.43. The largest absolute Gasteiger partial charge is 0.403 e. The van der Waals surface area contributed by atoms with Gasteiger partial charge in [-0.1, -0.05) is 10.3 Å². The van der Waals surface area contributed by atoms with Crippen LogP contribution in [0.15, 0.2) is 46.1 Å². The minimum Gasteiger partial charge on any atom is -0.363 e. The van der Waals surface area contributed by atoms with Crippen LogP contribution in [0.5, 0.6) is 0 Å². The van der Waals surface area contributed by atoms with Crippen LogP contribution < -0.4 is 9.62 Å². The van der Waals surface area contributed by atoms with E-state index in [2.05, 4.69) is 10.3 Å². The van der Waals surface area contributed by atoms with E-state index < -0.39 is 0 Å². The van der Waals surface area contributed by atoms with E-state index in [0.29, 0.717) is 0 Å². The molecule has 3 rings (SSSR count). The second-order valence-corrected chi connectivity index (χ2v) is 2.94. The van der Waals surface area contributed by atoms with Crippen LogP contribution in [-0.2, 0) is 0 Å². The predicted octanol–water partition coefficient (Wildman–Crippen LogP) is 0.995. The Morgan fingerprint density at radius 1 is 0.933 bits per heavy atom. The Kier molecular flexibility index (Phi) is 1.74. The minimum atomic E-state index is 0.720. The first kappa shape index (κ1) is 8.16. The fourth-order valence-corrected chi connectivity index (χ4v) is 1.30. The summed E-state index contributed by atoms with van der Waals surface area (Å²) < 4.78 is 9.51. The molecule has 0 spiro atoms. The van der Waals surface area contributed by atoms with Crippen LogP contribution >= 0.6 is 0 Å². The van der Waals surface area contributed by atoms with Crippen molar-refractivity contribution in [1.29, 1.82) is 0 Å². The zero-order valence-electron chi connectivity index (χ0n) is 7.65. The van der Waals surface area contributed by atoms with Gasteiger partial charge in [0.2, 0.25) is 0 Å². The summed E-state index contributed by atoms with van der Waals surface area (Å²) in [5.74, 6) is 1.44. The molecule has 73 valence electrons. The molecule has 0 N–H and O–H groups in total. The van der Waals surface area contributed by atoms with Gasteiger partial charge in [-0.15, -0.1) is 0 Å². The molecule has 15 heavy (non-hydrogen) atoms. The van der Waals surface area contributed by atoms with Crippen LogP contribution in [0.25, 0.3) is 0 Å². The van der Waals surface area contributed by atoms with Crippen molar-refractivity contribution in [2.75, 3.05) is 9.62 Å². The molecule has 7 heteroatoms. The maximum Gasteiger partial charge on any atom is 0.403 e. The van der Waals surface area contributed by atoms with Crippen LogP contribution in [0.2, 0.25) is 0 Å². The van der Waals surface area contributed by atoms with Gasteiger partial charge >= 0.3 is 7.55 Å². The molecule has 0 saturated heterocycles. The molecule has 2 aromatic heterocycles. The van der Waals surface area contributed by atoms with Crippen molar-refractivity contribution in [3.8, 4) is 0 Å². The van der Waals surface area contributed by atoms with Crippen molar-refractivity contribution < 1.29 is 9.05 Å². The average Bonchev–Trinajstić information content (AvgIpc) is 3.02. The first-order valence-electron chi connectivity index (χ1n) is 4.34. The molecule has 1 radical (unpaired) electrons. The van der Waals surface area contributed by atoms with Crippen LogP contribution in [0.1, 0.15) is 0 Å². The molecule has 0 fully saturated rings. The molecule has 0 aliphatic carbocycles. The lowest BCUT2D eigenvalue weighted by Crippen LogP contribution is -2.29. The van der Waals surface area contributed by atoms with Crippen molar-refractivity contribution in [2.24, 2.45) is 0 Å². The molecule has 0 unspecified atom stereocenters. The van der Waals surface area contributed by atoms with Gasteiger partial charge in [0.15, 0.2) is 11.6 Å². The number of hydrogen-bond donors (Lipinski definition) is 0. The molecular weight excluding hydrogens is 195 g/mol. The lowest BCUT2D eigenvalue weighted by molar-refractivity contribution is 0.421. The number of hydrogen-bond acceptors (Lipinski definition) is 6. The highest BCUT2D eigenvalue weighted by molar-refractivity contribution is 6.49. The summed E-state index contributed by atoms with van der Waals surface area (Å²) in [5, 5.41) is 7.62. The summed E-state index contributed by atoms with van der Waals surface area (Å²) in [7, 11) is 1.83. The third kappa shape index (κ3) is 1.37. The van der Waals surface area contributed by atoms with Crippen molar-refractivity contribution in [1.82, 2.24) is 10.3 Å². The third-order valence-corrected chi connectivity index (χ3v) is 2.01. The molecule has 0 atom stereocenters. The Bertz CT molecular complexity index is 411. The Hall–Kier alpha value is -2.18. The minimum absolute atomic E-state index is 0.720. The lowest BCUT2D eigenvalue weighted by atomic mass is 10.1. The lowest BCUT2D eigenvalue weighted by Gasteiger charge is -2.13. The maximum absolute atomic E-state index is 4.75. The predicted molar refractivity (Wildman–Crippen MR) is 52.9 cm³/mol. The molecule has 0 bridgehead atoms. The fraction of sp³-hybridized carbons (Fsp3) is 0. The van der Waals surface area contributed by atoms with Gasteiger partial charge in [0, 0.05) is 24.5 Å². The van der Waals surface area contributed by atoms with E-state index >= 15 is 0 Å². The molecule has 0 amide bonds. The zero-order valence-corrected chi connectivity index (χ0v) is 7.65. The third-order valence-electron chi connectivity index (χ3n) is 2.01. The summed E-state index contributed by atoms with van der Waals surface area (Å²) in [6.45, 7) is 0. The molecule has 0 saturated carbocycles. The van der Waals surface area contributed by atoms with Crippen LogP contribution in [0, 0.1) is 0 Å². The Morgan fingerprint density at radius 3 is 1.87 bits per heavy atom. The highest BCUT2D eigenvalue weighted by Crippen LogP contribution is 2.19. The van der Waals surface area contributed by atoms with E-state index in [1.807, 2.05) is 29.6 Å². The molecule has 1 aliphatic rings. The summed E-state index contributed by atoms with van der Waals surface area (Å²) in [6.07, 6.45) is 6.75. The highest BCUT2D eigenvalue weighted by atomic mass is 16.5. The van der Waals surface area contributed by atoms with Crippen LogP contribution in [-0.4, -0.2) is 17.9 Å². The van der Waals surface area contributed by atoms with Gasteiger partial charge in [-0.05, 0) is 0 Å². The van der Waals surface area contributed by atoms with Crippen LogP contribution in [0.3, 0.4) is 0 Å². The van der Waals surface area contributed by atoms with Crippen molar-refractivity contribution in [2.45, 2.75) is 0 Å². The summed E-state index contributed by atoms with van der Waals surface area (Å²) in [6, 6.07) is 3.54. The monoisotopic (exact) mass is 201 g/mol. The van der Waals surface area contributed by atoms with E-state index in [1.54, 1.807) is 12.1 Å². The topological polar surface area (TPSA) is 58.5 Å². The Morgan fingerprint density at radius 2 is 1.47 bits per heavy atom. The second kappa shape index (κ2) is 3.20. The Balaban J connectivity index is 1.78. The average molecular weight is 201 g/mol. The normalized spacial score (nSPS) is 14.7. The second-order valence-electron chi connectivity index (χ2n) is 2.94. The van der Waals surface area contributed by atoms with Crippen molar-refractivity contribution >= 4 is 19.2 Å². The van der Waals surface area contributed by atoms with Gasteiger partial charge in [-0.3, -0.25) is 0 Å². The molecule has 6 nitrogen and oxygen atoms in total. The van der Waals surface area contributed by atoms with E-state index in [-0.39, 0.29) is 0 Å². The smallest absolute Gasteiger partial charge is 0.363 e. The van der Waals surface area contributed by atoms with E-state index in [4.69, 9.17) is 9.05 Å². The highest BCUT2D eigenvalue weighted by Gasteiger charge is 2.21. The number of rotatable bonds is 2. The van der Waals surface area contributed by atoms with Crippen molar-refractivity contribution in [3.63, 3.8) is 0 Å².